The van der Waals surface area contributed by atoms with Crippen LogP contribution in [0.2, 0.25) is 0 Å². The Morgan fingerprint density at radius 3 is 2.42 bits per heavy atom. The summed E-state index contributed by atoms with van der Waals surface area (Å²) in [6.45, 7) is 3.04. The van der Waals surface area contributed by atoms with Gasteiger partial charge in [0.15, 0.2) is 0 Å². The molecule has 3 heteroatoms. The predicted molar refractivity (Wildman–Crippen MR) is 76.4 cm³/mol. The Morgan fingerprint density at radius 2 is 1.79 bits per heavy atom. The fraction of sp³-hybridized carbons (Fsp3) is 0.250. The first-order valence-corrected chi connectivity index (χ1v) is 6.28. The molecule has 0 unspecified atom stereocenters. The molecule has 0 aliphatic carbocycles. The largest absolute Gasteiger partial charge is 0.496 e. The van der Waals surface area contributed by atoms with Gasteiger partial charge in [-0.1, -0.05) is 23.8 Å². The lowest BCUT2D eigenvalue weighted by Crippen LogP contribution is -2.02. The monoisotopic (exact) mass is 257 g/mol. The van der Waals surface area contributed by atoms with Crippen LogP contribution in [0.25, 0.3) is 0 Å². The summed E-state index contributed by atoms with van der Waals surface area (Å²) in [5.74, 6) is 1.68. The first-order chi connectivity index (χ1) is 9.22. The molecule has 0 aliphatic heterocycles. The van der Waals surface area contributed by atoms with E-state index in [9.17, 15) is 0 Å². The van der Waals surface area contributed by atoms with Crippen molar-refractivity contribution >= 4 is 0 Å². The van der Waals surface area contributed by atoms with Crippen molar-refractivity contribution < 1.29 is 9.47 Å². The minimum absolute atomic E-state index is 0.472. The van der Waals surface area contributed by atoms with E-state index in [1.54, 1.807) is 7.11 Å². The maximum Gasteiger partial charge on any atom is 0.125 e. The summed E-state index contributed by atoms with van der Waals surface area (Å²) in [7, 11) is 1.66. The molecule has 3 nitrogen and oxygen atoms in total. The third-order valence-corrected chi connectivity index (χ3v) is 3.00. The Bertz CT molecular complexity index is 535. The van der Waals surface area contributed by atoms with E-state index in [1.165, 1.54) is 5.56 Å². The summed E-state index contributed by atoms with van der Waals surface area (Å²) in [6.07, 6.45) is 0. The number of rotatable bonds is 5. The molecule has 2 N–H and O–H groups in total. The van der Waals surface area contributed by atoms with Gasteiger partial charge in [-0.2, -0.15) is 0 Å². The van der Waals surface area contributed by atoms with Gasteiger partial charge in [0.2, 0.25) is 0 Å². The van der Waals surface area contributed by atoms with Crippen molar-refractivity contribution in [2.45, 2.75) is 20.1 Å². The summed E-state index contributed by atoms with van der Waals surface area (Å²) < 4.78 is 11.1. The van der Waals surface area contributed by atoms with Crippen molar-refractivity contribution in [2.24, 2.45) is 5.73 Å². The van der Waals surface area contributed by atoms with Crippen LogP contribution in [0, 0.1) is 6.92 Å². The first kappa shape index (κ1) is 13.4. The van der Waals surface area contributed by atoms with Crippen LogP contribution in [0.1, 0.15) is 16.7 Å². The van der Waals surface area contributed by atoms with Gasteiger partial charge in [0.05, 0.1) is 7.11 Å². The number of ether oxygens (including phenoxy) is 2. The fourth-order valence-corrected chi connectivity index (χ4v) is 1.87. The molecule has 2 aromatic carbocycles. The topological polar surface area (TPSA) is 44.5 Å². The van der Waals surface area contributed by atoms with E-state index in [2.05, 4.69) is 6.92 Å². The molecule has 0 heterocycles. The Morgan fingerprint density at radius 1 is 1.05 bits per heavy atom. The molecule has 2 aromatic rings. The summed E-state index contributed by atoms with van der Waals surface area (Å²) >= 11 is 0. The highest BCUT2D eigenvalue weighted by Crippen LogP contribution is 2.22. The molecule has 0 bridgehead atoms. The molecule has 0 spiro atoms. The summed E-state index contributed by atoms with van der Waals surface area (Å²) in [5, 5.41) is 0. The van der Waals surface area contributed by atoms with Gasteiger partial charge in [-0.3, -0.25) is 0 Å². The van der Waals surface area contributed by atoms with Gasteiger partial charge in [0.25, 0.3) is 0 Å². The van der Waals surface area contributed by atoms with E-state index in [0.29, 0.717) is 13.2 Å². The lowest BCUT2D eigenvalue weighted by Gasteiger charge is -2.11. The molecule has 0 radical (unpaired) electrons. The van der Waals surface area contributed by atoms with Crippen LogP contribution >= 0.6 is 0 Å². The third-order valence-electron chi connectivity index (χ3n) is 3.00. The molecule has 2 rings (SSSR count). The molecule has 0 saturated heterocycles. The second-order valence-electron chi connectivity index (χ2n) is 4.45. The van der Waals surface area contributed by atoms with Crippen LogP contribution in [0.3, 0.4) is 0 Å². The Labute approximate surface area is 114 Å². The lowest BCUT2D eigenvalue weighted by molar-refractivity contribution is 0.296. The quantitative estimate of drug-likeness (QED) is 0.895. The van der Waals surface area contributed by atoms with Crippen molar-refractivity contribution in [3.8, 4) is 11.5 Å². The minimum atomic E-state index is 0.472. The van der Waals surface area contributed by atoms with Crippen molar-refractivity contribution in [3.05, 3.63) is 59.2 Å². The predicted octanol–water partition coefficient (Wildman–Crippen LogP) is 3.04. The van der Waals surface area contributed by atoms with Gasteiger partial charge < -0.3 is 15.2 Å². The van der Waals surface area contributed by atoms with Gasteiger partial charge in [0.1, 0.15) is 18.1 Å². The van der Waals surface area contributed by atoms with E-state index in [4.69, 9.17) is 15.2 Å². The maximum atomic E-state index is 5.77. The maximum absolute atomic E-state index is 5.77. The highest BCUT2D eigenvalue weighted by atomic mass is 16.5. The molecule has 0 saturated carbocycles. The highest BCUT2D eigenvalue weighted by Gasteiger charge is 2.05. The van der Waals surface area contributed by atoms with E-state index in [0.717, 1.165) is 22.6 Å². The van der Waals surface area contributed by atoms with Crippen molar-refractivity contribution in [1.29, 1.82) is 0 Å². The molecular formula is C16H19NO2. The van der Waals surface area contributed by atoms with Gasteiger partial charge in [-0.15, -0.1) is 0 Å². The molecule has 0 atom stereocenters. The minimum Gasteiger partial charge on any atom is -0.496 e. The molecule has 0 fully saturated rings. The van der Waals surface area contributed by atoms with Crippen LogP contribution < -0.4 is 15.2 Å². The zero-order valence-electron chi connectivity index (χ0n) is 11.3. The number of methoxy groups -OCH3 is 1. The molecule has 0 amide bonds. The normalized spacial score (nSPS) is 10.3. The van der Waals surface area contributed by atoms with Crippen LogP contribution in [-0.4, -0.2) is 7.11 Å². The zero-order chi connectivity index (χ0) is 13.7. The Hall–Kier alpha value is -2.00. The summed E-state index contributed by atoms with van der Waals surface area (Å²) in [6, 6.07) is 13.9. The number of aryl methyl sites for hydroxylation is 1. The van der Waals surface area contributed by atoms with E-state index < -0.39 is 0 Å². The number of benzene rings is 2. The molecular weight excluding hydrogens is 238 g/mol. The third kappa shape index (κ3) is 3.48. The van der Waals surface area contributed by atoms with Gasteiger partial charge in [-0.25, -0.2) is 0 Å². The van der Waals surface area contributed by atoms with Gasteiger partial charge in [0, 0.05) is 12.1 Å². The zero-order valence-corrected chi connectivity index (χ0v) is 11.3. The average Bonchev–Trinajstić information content (AvgIpc) is 2.46. The number of hydrogen-bond acceptors (Lipinski definition) is 3. The van der Waals surface area contributed by atoms with Crippen LogP contribution in [0.4, 0.5) is 0 Å². The number of hydrogen-bond donors (Lipinski definition) is 1. The lowest BCUT2D eigenvalue weighted by atomic mass is 10.1. The smallest absolute Gasteiger partial charge is 0.125 e. The van der Waals surface area contributed by atoms with Gasteiger partial charge in [-0.05, 0) is 36.8 Å². The number of nitrogens with two attached hydrogens (primary N) is 1. The van der Waals surface area contributed by atoms with Gasteiger partial charge >= 0.3 is 0 Å². The second kappa shape index (κ2) is 6.25. The summed E-state index contributed by atoms with van der Waals surface area (Å²) in [4.78, 5) is 0. The Balaban J connectivity index is 2.11. The molecule has 0 aliphatic rings. The van der Waals surface area contributed by atoms with Crippen molar-refractivity contribution in [2.75, 3.05) is 7.11 Å². The van der Waals surface area contributed by atoms with Crippen LogP contribution in [0.5, 0.6) is 11.5 Å². The fourth-order valence-electron chi connectivity index (χ4n) is 1.87. The Kier molecular flexibility index (Phi) is 4.42. The highest BCUT2D eigenvalue weighted by molar-refractivity contribution is 5.37. The molecule has 19 heavy (non-hydrogen) atoms. The van der Waals surface area contributed by atoms with E-state index >= 15 is 0 Å². The standard InChI is InChI=1S/C16H19NO2/c1-12-3-6-15(7-4-12)19-11-14-9-13(10-17)5-8-16(14)18-2/h3-9H,10-11,17H2,1-2H3. The summed E-state index contributed by atoms with van der Waals surface area (Å²) in [5.41, 5.74) is 8.95. The first-order valence-electron chi connectivity index (χ1n) is 6.28. The second-order valence-corrected chi connectivity index (χ2v) is 4.45. The van der Waals surface area contributed by atoms with Crippen LogP contribution in [-0.2, 0) is 13.2 Å². The van der Waals surface area contributed by atoms with E-state index in [1.807, 2.05) is 42.5 Å². The molecule has 0 aromatic heterocycles. The molecule has 100 valence electrons. The SMILES string of the molecule is COc1ccc(CN)cc1COc1ccc(C)cc1. The van der Waals surface area contributed by atoms with Crippen LogP contribution in [0.15, 0.2) is 42.5 Å². The van der Waals surface area contributed by atoms with Crippen molar-refractivity contribution in [3.63, 3.8) is 0 Å². The van der Waals surface area contributed by atoms with E-state index in [-0.39, 0.29) is 0 Å². The van der Waals surface area contributed by atoms with Crippen molar-refractivity contribution in [1.82, 2.24) is 0 Å². The average molecular weight is 257 g/mol.